The molecule has 0 spiro atoms. The van der Waals surface area contributed by atoms with E-state index in [1.807, 2.05) is 12.2 Å². The zero-order chi connectivity index (χ0) is 16.5. The van der Waals surface area contributed by atoms with Gasteiger partial charge in [-0.05, 0) is 47.2 Å². The van der Waals surface area contributed by atoms with Crippen molar-refractivity contribution >= 4 is 0 Å². The third-order valence-corrected chi connectivity index (χ3v) is 6.01. The van der Waals surface area contributed by atoms with Crippen molar-refractivity contribution in [3.63, 3.8) is 0 Å². The molecule has 0 heterocycles. The van der Waals surface area contributed by atoms with Gasteiger partial charge in [-0.25, -0.2) is 8.78 Å². The Bertz CT molecular complexity index is 846. The summed E-state index contributed by atoms with van der Waals surface area (Å²) in [6, 6.07) is 12.4. The van der Waals surface area contributed by atoms with E-state index >= 15 is 0 Å². The summed E-state index contributed by atoms with van der Waals surface area (Å²) in [7, 11) is 0. The molecule has 2 unspecified atom stereocenters. The first-order chi connectivity index (χ1) is 11.6. The van der Waals surface area contributed by atoms with Gasteiger partial charge < -0.3 is 5.11 Å². The lowest BCUT2D eigenvalue weighted by Gasteiger charge is -2.48. The Hall–Kier alpha value is -2.26. The van der Waals surface area contributed by atoms with Crippen molar-refractivity contribution in [1.82, 2.24) is 0 Å². The van der Waals surface area contributed by atoms with Crippen LogP contribution < -0.4 is 0 Å². The van der Waals surface area contributed by atoms with E-state index in [1.165, 1.54) is 24.3 Å². The van der Waals surface area contributed by atoms with Crippen LogP contribution in [0.5, 0.6) is 0 Å². The van der Waals surface area contributed by atoms with Gasteiger partial charge in [0, 0.05) is 5.92 Å². The minimum atomic E-state index is -1.16. The van der Waals surface area contributed by atoms with Crippen LogP contribution in [0.1, 0.15) is 11.1 Å². The maximum Gasteiger partial charge on any atom is 0.123 e. The first-order valence-electron chi connectivity index (χ1n) is 8.19. The summed E-state index contributed by atoms with van der Waals surface area (Å²) in [4.78, 5) is 0. The molecule has 0 saturated heterocycles. The summed E-state index contributed by atoms with van der Waals surface area (Å²) < 4.78 is 26.8. The molecule has 0 aromatic heterocycles. The van der Waals surface area contributed by atoms with Gasteiger partial charge in [-0.3, -0.25) is 0 Å². The second-order valence-corrected chi connectivity index (χ2v) is 7.05. The van der Waals surface area contributed by atoms with Crippen LogP contribution in [0.3, 0.4) is 0 Å². The fraction of sp³-hybridized carbons (Fsp3) is 0.238. The van der Waals surface area contributed by atoms with E-state index < -0.39 is 11.0 Å². The second-order valence-electron chi connectivity index (χ2n) is 7.05. The number of halogens is 2. The van der Waals surface area contributed by atoms with Gasteiger partial charge in [0.2, 0.25) is 0 Å². The lowest BCUT2D eigenvalue weighted by molar-refractivity contribution is -0.0428. The maximum absolute atomic E-state index is 13.4. The maximum atomic E-state index is 13.4. The van der Waals surface area contributed by atoms with Gasteiger partial charge in [0.25, 0.3) is 0 Å². The average molecular weight is 322 g/mol. The topological polar surface area (TPSA) is 20.2 Å². The Morgan fingerprint density at radius 3 is 1.67 bits per heavy atom. The van der Waals surface area contributed by atoms with Crippen LogP contribution in [0.15, 0.2) is 72.8 Å². The summed E-state index contributed by atoms with van der Waals surface area (Å²) in [5, 5.41) is 11.9. The molecular weight excluding hydrogens is 306 g/mol. The molecule has 3 aliphatic carbocycles. The molecule has 1 fully saturated rings. The van der Waals surface area contributed by atoms with Crippen LogP contribution in [-0.4, -0.2) is 5.11 Å². The molecule has 2 aromatic rings. The molecule has 5 atom stereocenters. The van der Waals surface area contributed by atoms with E-state index in [4.69, 9.17) is 0 Å². The van der Waals surface area contributed by atoms with E-state index in [0.29, 0.717) is 17.4 Å². The van der Waals surface area contributed by atoms with Gasteiger partial charge in [-0.15, -0.1) is 0 Å². The fourth-order valence-corrected chi connectivity index (χ4v) is 4.80. The highest BCUT2D eigenvalue weighted by Crippen LogP contribution is 2.70. The summed E-state index contributed by atoms with van der Waals surface area (Å²) in [6.45, 7) is 0. The van der Waals surface area contributed by atoms with Gasteiger partial charge in [-0.1, -0.05) is 48.6 Å². The van der Waals surface area contributed by atoms with E-state index in [0.717, 1.165) is 5.56 Å². The average Bonchev–Trinajstić information content (AvgIpc) is 3.33. The lowest BCUT2D eigenvalue weighted by Crippen LogP contribution is -2.51. The highest BCUT2D eigenvalue weighted by atomic mass is 19.1. The van der Waals surface area contributed by atoms with Gasteiger partial charge in [-0.2, -0.15) is 0 Å². The number of allylic oxidation sites excluding steroid dienone is 2. The molecule has 24 heavy (non-hydrogen) atoms. The third kappa shape index (κ3) is 1.56. The third-order valence-electron chi connectivity index (χ3n) is 6.01. The number of hydrogen-bond donors (Lipinski definition) is 1. The van der Waals surface area contributed by atoms with Gasteiger partial charge in [0.15, 0.2) is 0 Å². The Morgan fingerprint density at radius 1 is 0.708 bits per heavy atom. The standard InChI is InChI=1S/C21H16F2O/c22-15-5-1-13(2-6-15)20-11-9-17-18(10-12-20)19(17)21(20,24)14-3-7-16(23)8-4-14/h1-12,17-19,24H/t17-,18+,19?,20?,21-/m1/s1. The molecule has 0 amide bonds. The van der Waals surface area contributed by atoms with E-state index in [1.54, 1.807) is 24.3 Å². The van der Waals surface area contributed by atoms with Gasteiger partial charge >= 0.3 is 0 Å². The van der Waals surface area contributed by atoms with Crippen LogP contribution in [0.4, 0.5) is 8.78 Å². The Morgan fingerprint density at radius 2 is 1.17 bits per heavy atom. The molecule has 0 radical (unpaired) electrons. The lowest BCUT2D eigenvalue weighted by atomic mass is 9.58. The number of hydrogen-bond acceptors (Lipinski definition) is 1. The van der Waals surface area contributed by atoms with Crippen molar-refractivity contribution in [2.24, 2.45) is 17.8 Å². The number of aliphatic hydroxyl groups is 1. The number of benzene rings is 2. The summed E-state index contributed by atoms with van der Waals surface area (Å²) in [6.07, 6.45) is 8.40. The zero-order valence-electron chi connectivity index (χ0n) is 12.9. The highest BCUT2D eigenvalue weighted by Gasteiger charge is 2.70. The molecule has 2 bridgehead atoms. The molecule has 1 N–H and O–H groups in total. The predicted octanol–water partition coefficient (Wildman–Crippen LogP) is 4.09. The Kier molecular flexibility index (Phi) is 2.60. The quantitative estimate of drug-likeness (QED) is 0.826. The second kappa shape index (κ2) is 4.42. The smallest absolute Gasteiger partial charge is 0.123 e. The predicted molar refractivity (Wildman–Crippen MR) is 87.1 cm³/mol. The number of rotatable bonds is 2. The molecule has 120 valence electrons. The molecule has 2 aromatic carbocycles. The molecule has 5 rings (SSSR count). The first kappa shape index (κ1) is 14.1. The van der Waals surface area contributed by atoms with E-state index in [-0.39, 0.29) is 17.6 Å². The Labute approximate surface area is 139 Å². The van der Waals surface area contributed by atoms with Gasteiger partial charge in [0.05, 0.1) is 5.41 Å². The molecule has 3 aliphatic rings. The van der Waals surface area contributed by atoms with E-state index in [2.05, 4.69) is 12.2 Å². The van der Waals surface area contributed by atoms with Crippen LogP contribution >= 0.6 is 0 Å². The minimum absolute atomic E-state index is 0.0722. The number of fused-ring (bicyclic) bond motifs is 2. The zero-order valence-corrected chi connectivity index (χ0v) is 12.9. The molecule has 1 nitrogen and oxygen atoms in total. The van der Waals surface area contributed by atoms with Gasteiger partial charge in [0.1, 0.15) is 17.2 Å². The van der Waals surface area contributed by atoms with Crippen LogP contribution in [0.2, 0.25) is 0 Å². The molecule has 3 heteroatoms. The molecular formula is C21H16F2O. The van der Waals surface area contributed by atoms with Crippen molar-refractivity contribution in [3.8, 4) is 0 Å². The monoisotopic (exact) mass is 322 g/mol. The SMILES string of the molecule is O[C@]1(c2ccc(F)cc2)C2[C@H]3C=CC1(c1ccc(F)cc1)C=C[C@@H]23. The van der Waals surface area contributed by atoms with Crippen molar-refractivity contribution in [1.29, 1.82) is 0 Å². The van der Waals surface area contributed by atoms with E-state index in [9.17, 15) is 13.9 Å². The van der Waals surface area contributed by atoms with Crippen molar-refractivity contribution in [2.75, 3.05) is 0 Å². The summed E-state index contributed by atoms with van der Waals surface area (Å²) in [5.74, 6) is 0.0718. The molecule has 0 aliphatic heterocycles. The highest BCUT2D eigenvalue weighted by molar-refractivity contribution is 5.54. The normalized spacial score (nSPS) is 38.2. The summed E-state index contributed by atoms with van der Waals surface area (Å²) >= 11 is 0. The van der Waals surface area contributed by atoms with Crippen LogP contribution in [0.25, 0.3) is 0 Å². The van der Waals surface area contributed by atoms with Crippen molar-refractivity contribution < 1.29 is 13.9 Å². The van der Waals surface area contributed by atoms with Crippen molar-refractivity contribution in [3.05, 3.63) is 95.6 Å². The van der Waals surface area contributed by atoms with Crippen LogP contribution in [0, 0.1) is 29.4 Å². The van der Waals surface area contributed by atoms with Crippen LogP contribution in [-0.2, 0) is 11.0 Å². The fourth-order valence-electron chi connectivity index (χ4n) is 4.80. The minimum Gasteiger partial charge on any atom is -0.383 e. The van der Waals surface area contributed by atoms with Crippen molar-refractivity contribution in [2.45, 2.75) is 11.0 Å². The summed E-state index contributed by atoms with van der Waals surface area (Å²) in [5.41, 5.74) is -0.365. The molecule has 1 saturated carbocycles. The first-order valence-corrected chi connectivity index (χ1v) is 8.19. The largest absolute Gasteiger partial charge is 0.383 e. The Balaban J connectivity index is 1.76.